The first-order valence-electron chi connectivity index (χ1n) is 8.14. The van der Waals surface area contributed by atoms with Gasteiger partial charge in [0.1, 0.15) is 0 Å². The van der Waals surface area contributed by atoms with E-state index in [-0.39, 0.29) is 5.91 Å². The van der Waals surface area contributed by atoms with E-state index in [2.05, 4.69) is 20.2 Å². The molecule has 132 valence electrons. The van der Waals surface area contributed by atoms with E-state index in [0.717, 1.165) is 37.7 Å². The van der Waals surface area contributed by atoms with Crippen molar-refractivity contribution < 1.29 is 9.69 Å². The van der Waals surface area contributed by atoms with Crippen LogP contribution in [-0.2, 0) is 4.79 Å². The number of carbonyl (C=O) groups is 1. The molecule has 1 aliphatic rings. The van der Waals surface area contributed by atoms with Gasteiger partial charge in [0.2, 0.25) is 5.95 Å². The van der Waals surface area contributed by atoms with Crippen LogP contribution in [0.5, 0.6) is 0 Å². The van der Waals surface area contributed by atoms with E-state index in [0.29, 0.717) is 22.3 Å². The Morgan fingerprint density at radius 2 is 1.92 bits per heavy atom. The molecule has 1 fully saturated rings. The fourth-order valence-electron chi connectivity index (χ4n) is 2.84. The van der Waals surface area contributed by atoms with Gasteiger partial charge in [0, 0.05) is 12.4 Å². The summed E-state index contributed by atoms with van der Waals surface area (Å²) in [6, 6.07) is 5.37. The summed E-state index contributed by atoms with van der Waals surface area (Å²) >= 11 is 12.4. The highest BCUT2D eigenvalue weighted by Gasteiger charge is 2.24. The average Bonchev–Trinajstić information content (AvgIpc) is 2.63. The zero-order valence-electron chi connectivity index (χ0n) is 13.9. The van der Waals surface area contributed by atoms with Gasteiger partial charge in [-0.25, -0.2) is 9.97 Å². The van der Waals surface area contributed by atoms with Crippen molar-refractivity contribution in [3.63, 3.8) is 0 Å². The van der Waals surface area contributed by atoms with Crippen LogP contribution in [0.2, 0.25) is 10.0 Å². The van der Waals surface area contributed by atoms with Crippen molar-refractivity contribution in [3.8, 4) is 0 Å². The second-order valence-corrected chi connectivity index (χ2v) is 6.85. The van der Waals surface area contributed by atoms with Crippen molar-refractivity contribution in [2.45, 2.75) is 6.92 Å². The molecule has 1 saturated heterocycles. The molecule has 1 aliphatic heterocycles. The largest absolute Gasteiger partial charge is 0.330 e. The van der Waals surface area contributed by atoms with Crippen LogP contribution in [0, 0.1) is 6.92 Å². The number of amides is 1. The van der Waals surface area contributed by atoms with E-state index in [4.69, 9.17) is 23.2 Å². The van der Waals surface area contributed by atoms with Crippen LogP contribution in [-0.4, -0.2) is 48.6 Å². The predicted octanol–water partition coefficient (Wildman–Crippen LogP) is 1.44. The third-order valence-corrected chi connectivity index (χ3v) is 5.07. The van der Waals surface area contributed by atoms with Gasteiger partial charge in [-0.15, -0.1) is 0 Å². The van der Waals surface area contributed by atoms with Gasteiger partial charge in [-0.1, -0.05) is 29.3 Å². The normalized spacial score (nSPS) is 15.2. The number of benzene rings is 1. The highest BCUT2D eigenvalue weighted by molar-refractivity contribution is 6.40. The van der Waals surface area contributed by atoms with Gasteiger partial charge < -0.3 is 15.1 Å². The third-order valence-electron chi connectivity index (χ3n) is 4.26. The number of halogens is 2. The first-order valence-corrected chi connectivity index (χ1v) is 8.90. The van der Waals surface area contributed by atoms with Gasteiger partial charge in [-0.05, 0) is 24.6 Å². The molecule has 0 saturated carbocycles. The molecule has 6 nitrogen and oxygen atoms in total. The van der Waals surface area contributed by atoms with Crippen molar-refractivity contribution in [1.82, 2.24) is 9.97 Å². The molecule has 2 heterocycles. The predicted molar refractivity (Wildman–Crippen MR) is 99.6 cm³/mol. The zero-order chi connectivity index (χ0) is 17.8. The van der Waals surface area contributed by atoms with Crippen LogP contribution in [0.1, 0.15) is 5.56 Å². The minimum absolute atomic E-state index is 0.0891. The average molecular weight is 381 g/mol. The Bertz CT molecular complexity index is 748. The lowest BCUT2D eigenvalue weighted by Crippen LogP contribution is -3.15. The molecule has 0 unspecified atom stereocenters. The Kier molecular flexibility index (Phi) is 5.73. The third kappa shape index (κ3) is 4.39. The van der Waals surface area contributed by atoms with E-state index < -0.39 is 0 Å². The van der Waals surface area contributed by atoms with Crippen molar-refractivity contribution >= 4 is 40.7 Å². The summed E-state index contributed by atoms with van der Waals surface area (Å²) in [4.78, 5) is 24.2. The second-order valence-electron chi connectivity index (χ2n) is 6.06. The molecule has 0 bridgehead atoms. The summed E-state index contributed by atoms with van der Waals surface area (Å²) in [6.07, 6.45) is 3.48. The molecule has 2 aromatic rings. The summed E-state index contributed by atoms with van der Waals surface area (Å²) in [6.45, 7) is 5.59. The molecule has 0 spiro atoms. The van der Waals surface area contributed by atoms with E-state index in [9.17, 15) is 4.79 Å². The fraction of sp³-hybridized carbons (Fsp3) is 0.353. The molecule has 2 N–H and O–H groups in total. The van der Waals surface area contributed by atoms with Gasteiger partial charge in [-0.3, -0.25) is 4.79 Å². The smallest absolute Gasteiger partial charge is 0.279 e. The maximum atomic E-state index is 12.4. The molecule has 8 heteroatoms. The van der Waals surface area contributed by atoms with Gasteiger partial charge in [-0.2, -0.15) is 0 Å². The Morgan fingerprint density at radius 3 is 2.60 bits per heavy atom. The van der Waals surface area contributed by atoms with Crippen LogP contribution < -0.4 is 15.1 Å². The first-order chi connectivity index (χ1) is 12.0. The lowest BCUT2D eigenvalue weighted by Gasteiger charge is -2.31. The monoisotopic (exact) mass is 380 g/mol. The number of aromatic nitrogens is 2. The van der Waals surface area contributed by atoms with Gasteiger partial charge in [0.25, 0.3) is 5.91 Å². The van der Waals surface area contributed by atoms with Crippen LogP contribution in [0.4, 0.5) is 11.6 Å². The molecular weight excluding hydrogens is 361 g/mol. The van der Waals surface area contributed by atoms with Gasteiger partial charge >= 0.3 is 0 Å². The van der Waals surface area contributed by atoms with Gasteiger partial charge in [0.15, 0.2) is 6.54 Å². The van der Waals surface area contributed by atoms with Crippen molar-refractivity contribution in [1.29, 1.82) is 0 Å². The summed E-state index contributed by atoms with van der Waals surface area (Å²) in [5.41, 5.74) is 1.37. The molecule has 25 heavy (non-hydrogen) atoms. The Balaban J connectivity index is 1.54. The van der Waals surface area contributed by atoms with E-state index >= 15 is 0 Å². The maximum absolute atomic E-state index is 12.4. The molecule has 3 rings (SSSR count). The van der Waals surface area contributed by atoms with Crippen molar-refractivity contribution in [2.75, 3.05) is 42.9 Å². The molecule has 0 radical (unpaired) electrons. The van der Waals surface area contributed by atoms with E-state index in [1.54, 1.807) is 24.5 Å². The number of hydrogen-bond acceptors (Lipinski definition) is 4. The minimum Gasteiger partial charge on any atom is -0.330 e. The summed E-state index contributed by atoms with van der Waals surface area (Å²) < 4.78 is 0. The standard InChI is InChI=1S/C17H19Cl2N5O/c1-12-3-4-13(18)16(15(12)19)22-14(25)11-23-7-9-24(10-8-23)17-20-5-2-6-21-17/h2-6H,7-11H2,1H3,(H,22,25)/p+1. The van der Waals surface area contributed by atoms with Crippen LogP contribution in [0.3, 0.4) is 0 Å². The molecule has 1 aromatic heterocycles. The number of nitrogens with one attached hydrogen (secondary N) is 2. The first kappa shape index (κ1) is 17.9. The Hall–Kier alpha value is -1.89. The number of carbonyl (C=O) groups excluding carboxylic acids is 1. The molecule has 1 amide bonds. The number of quaternary nitrogens is 1. The number of hydrogen-bond donors (Lipinski definition) is 2. The quantitative estimate of drug-likeness (QED) is 0.842. The number of aryl methyl sites for hydroxylation is 1. The Labute approximate surface area is 156 Å². The highest BCUT2D eigenvalue weighted by Crippen LogP contribution is 2.32. The van der Waals surface area contributed by atoms with E-state index in [1.165, 1.54) is 4.90 Å². The fourth-order valence-corrected chi connectivity index (χ4v) is 3.30. The number of nitrogens with zero attached hydrogens (tertiary/aromatic N) is 3. The van der Waals surface area contributed by atoms with Crippen LogP contribution in [0.15, 0.2) is 30.6 Å². The number of piperazine rings is 1. The summed E-state index contributed by atoms with van der Waals surface area (Å²) in [7, 11) is 0. The van der Waals surface area contributed by atoms with Crippen LogP contribution in [0.25, 0.3) is 0 Å². The molecule has 1 aromatic carbocycles. The summed E-state index contributed by atoms with van der Waals surface area (Å²) in [5, 5.41) is 3.78. The highest BCUT2D eigenvalue weighted by atomic mass is 35.5. The van der Waals surface area contributed by atoms with Crippen molar-refractivity contribution in [3.05, 3.63) is 46.2 Å². The lowest BCUT2D eigenvalue weighted by atomic mass is 10.2. The van der Waals surface area contributed by atoms with E-state index in [1.807, 2.05) is 13.0 Å². The molecular formula is C17H20Cl2N5O+. The topological polar surface area (TPSA) is 62.6 Å². The summed E-state index contributed by atoms with van der Waals surface area (Å²) in [5.74, 6) is 0.651. The Morgan fingerprint density at radius 1 is 1.24 bits per heavy atom. The van der Waals surface area contributed by atoms with Gasteiger partial charge in [0.05, 0.1) is 41.9 Å². The zero-order valence-corrected chi connectivity index (χ0v) is 15.4. The minimum atomic E-state index is -0.0891. The molecule has 0 atom stereocenters. The van der Waals surface area contributed by atoms with Crippen LogP contribution >= 0.6 is 23.2 Å². The lowest BCUT2D eigenvalue weighted by molar-refractivity contribution is -0.892. The molecule has 0 aliphatic carbocycles. The number of anilines is 2. The second kappa shape index (κ2) is 7.99. The maximum Gasteiger partial charge on any atom is 0.279 e. The van der Waals surface area contributed by atoms with Crippen molar-refractivity contribution in [2.24, 2.45) is 0 Å². The number of rotatable bonds is 4. The SMILES string of the molecule is Cc1ccc(Cl)c(NC(=O)C[NH+]2CCN(c3ncccn3)CC2)c1Cl.